The number of hydrogen-bond donors (Lipinski definition) is 2. The molecule has 3 heterocycles. The van der Waals surface area contributed by atoms with Crippen molar-refractivity contribution in [2.24, 2.45) is 0 Å². The van der Waals surface area contributed by atoms with Crippen LogP contribution in [0.4, 0.5) is 17.5 Å². The minimum absolute atomic E-state index is 0.230. The number of fused-ring (bicyclic) bond motifs is 1. The SMILES string of the molecule is CC1=C(C(=O)Nc2ccccn2)[C@@H](c2ccc(N(C)C)cc2)n2ncnc2N1. The number of rotatable bonds is 4. The minimum atomic E-state index is -0.390. The van der Waals surface area contributed by atoms with Gasteiger partial charge >= 0.3 is 0 Å². The summed E-state index contributed by atoms with van der Waals surface area (Å²) in [5.41, 5.74) is 3.33. The molecule has 1 atom stereocenters. The largest absolute Gasteiger partial charge is 0.378 e. The summed E-state index contributed by atoms with van der Waals surface area (Å²) in [6.45, 7) is 1.87. The molecular weight excluding hydrogens is 354 g/mol. The molecule has 28 heavy (non-hydrogen) atoms. The van der Waals surface area contributed by atoms with Gasteiger partial charge in [-0.15, -0.1) is 0 Å². The Morgan fingerprint density at radius 2 is 1.93 bits per heavy atom. The second-order valence-electron chi connectivity index (χ2n) is 6.75. The molecule has 3 aromatic rings. The Hall–Kier alpha value is -3.68. The second kappa shape index (κ2) is 7.15. The normalized spacial score (nSPS) is 15.6. The van der Waals surface area contributed by atoms with Crippen molar-refractivity contribution in [1.29, 1.82) is 0 Å². The lowest BCUT2D eigenvalue weighted by molar-refractivity contribution is -0.113. The lowest BCUT2D eigenvalue weighted by Gasteiger charge is -2.29. The highest BCUT2D eigenvalue weighted by Gasteiger charge is 2.33. The summed E-state index contributed by atoms with van der Waals surface area (Å²) in [6.07, 6.45) is 3.12. The number of benzene rings is 1. The highest BCUT2D eigenvalue weighted by atomic mass is 16.1. The number of nitrogens with one attached hydrogen (secondary N) is 2. The molecule has 1 amide bonds. The van der Waals surface area contributed by atoms with Crippen LogP contribution in [0.25, 0.3) is 0 Å². The van der Waals surface area contributed by atoms with Crippen molar-refractivity contribution in [3.8, 4) is 0 Å². The average molecular weight is 375 g/mol. The maximum Gasteiger partial charge on any atom is 0.257 e. The van der Waals surface area contributed by atoms with Crippen molar-refractivity contribution in [1.82, 2.24) is 19.7 Å². The standard InChI is InChI=1S/C20H21N7O/c1-13-17(19(28)25-16-6-4-5-11-21-16)18(27-20(24-13)22-12-23-27)14-7-9-15(10-8-14)26(2)3/h4-12,18H,1-3H3,(H,21,25,28)(H,22,23,24)/t18-/m1/s1. The lowest BCUT2D eigenvalue weighted by atomic mass is 9.95. The van der Waals surface area contributed by atoms with E-state index in [1.165, 1.54) is 6.33 Å². The van der Waals surface area contributed by atoms with Gasteiger partial charge in [-0.05, 0) is 36.8 Å². The number of aromatic nitrogens is 4. The second-order valence-corrected chi connectivity index (χ2v) is 6.75. The summed E-state index contributed by atoms with van der Waals surface area (Å²) in [6, 6.07) is 13.1. The molecule has 0 saturated carbocycles. The van der Waals surface area contributed by atoms with Gasteiger partial charge in [0.15, 0.2) is 0 Å². The summed E-state index contributed by atoms with van der Waals surface area (Å²) in [5, 5.41) is 10.4. The van der Waals surface area contributed by atoms with Crippen LogP contribution in [0.5, 0.6) is 0 Å². The number of amides is 1. The highest BCUT2D eigenvalue weighted by molar-refractivity contribution is 6.05. The number of anilines is 3. The van der Waals surface area contributed by atoms with Gasteiger partial charge in [0.2, 0.25) is 5.95 Å². The monoisotopic (exact) mass is 375 g/mol. The molecule has 2 aromatic heterocycles. The summed E-state index contributed by atoms with van der Waals surface area (Å²) < 4.78 is 1.73. The van der Waals surface area contributed by atoms with Crippen LogP contribution < -0.4 is 15.5 Å². The van der Waals surface area contributed by atoms with Gasteiger partial charge in [-0.2, -0.15) is 10.1 Å². The van der Waals surface area contributed by atoms with Gasteiger partial charge in [-0.3, -0.25) is 4.79 Å². The molecule has 1 aliphatic heterocycles. The van der Waals surface area contributed by atoms with Gasteiger partial charge in [0.25, 0.3) is 5.91 Å². The first-order chi connectivity index (χ1) is 13.5. The van der Waals surface area contributed by atoms with Gasteiger partial charge < -0.3 is 15.5 Å². The maximum atomic E-state index is 13.1. The van der Waals surface area contributed by atoms with Crippen molar-refractivity contribution in [2.45, 2.75) is 13.0 Å². The molecule has 0 saturated heterocycles. The predicted octanol–water partition coefficient (Wildman–Crippen LogP) is 2.67. The molecule has 2 N–H and O–H groups in total. The molecule has 1 aliphatic rings. The highest BCUT2D eigenvalue weighted by Crippen LogP contribution is 2.35. The maximum absolute atomic E-state index is 13.1. The number of pyridine rings is 1. The fraction of sp³-hybridized carbons (Fsp3) is 0.200. The summed E-state index contributed by atoms with van der Waals surface area (Å²) in [7, 11) is 3.98. The molecule has 4 rings (SSSR count). The van der Waals surface area contributed by atoms with Crippen LogP contribution in [-0.4, -0.2) is 39.8 Å². The Morgan fingerprint density at radius 3 is 2.61 bits per heavy atom. The quantitative estimate of drug-likeness (QED) is 0.729. The Balaban J connectivity index is 1.75. The molecular formula is C20H21N7O. The molecule has 0 aliphatic carbocycles. The van der Waals surface area contributed by atoms with E-state index >= 15 is 0 Å². The van der Waals surface area contributed by atoms with E-state index in [4.69, 9.17) is 0 Å². The van der Waals surface area contributed by atoms with Crippen LogP contribution in [0.3, 0.4) is 0 Å². The molecule has 0 fully saturated rings. The zero-order valence-corrected chi connectivity index (χ0v) is 15.9. The first-order valence-electron chi connectivity index (χ1n) is 8.91. The predicted molar refractivity (Wildman–Crippen MR) is 108 cm³/mol. The Labute approximate surface area is 162 Å². The van der Waals surface area contributed by atoms with Gasteiger partial charge in [0, 0.05) is 31.7 Å². The lowest BCUT2D eigenvalue weighted by Crippen LogP contribution is -2.31. The smallest absolute Gasteiger partial charge is 0.257 e. The van der Waals surface area contributed by atoms with Crippen molar-refractivity contribution in [3.05, 3.63) is 71.8 Å². The van der Waals surface area contributed by atoms with E-state index < -0.39 is 6.04 Å². The van der Waals surface area contributed by atoms with E-state index in [-0.39, 0.29) is 5.91 Å². The summed E-state index contributed by atoms with van der Waals surface area (Å²) in [5.74, 6) is 0.874. The van der Waals surface area contributed by atoms with Crippen LogP contribution in [0.2, 0.25) is 0 Å². The molecule has 8 heteroatoms. The van der Waals surface area contributed by atoms with Crippen LogP contribution in [0.15, 0.2) is 66.3 Å². The van der Waals surface area contributed by atoms with Crippen molar-refractivity contribution >= 4 is 23.4 Å². The molecule has 1 aromatic carbocycles. The molecule has 0 radical (unpaired) electrons. The third kappa shape index (κ3) is 3.20. The van der Waals surface area contributed by atoms with E-state index in [0.29, 0.717) is 17.3 Å². The van der Waals surface area contributed by atoms with E-state index in [1.54, 1.807) is 23.0 Å². The number of hydrogen-bond acceptors (Lipinski definition) is 6. The topological polar surface area (TPSA) is 88.0 Å². The molecule has 8 nitrogen and oxygen atoms in total. The zero-order chi connectivity index (χ0) is 19.7. The number of allylic oxidation sites excluding steroid dienone is 1. The number of nitrogens with zero attached hydrogens (tertiary/aromatic N) is 5. The van der Waals surface area contributed by atoms with Gasteiger partial charge in [-0.1, -0.05) is 18.2 Å². The van der Waals surface area contributed by atoms with Crippen LogP contribution in [0, 0.1) is 0 Å². The summed E-state index contributed by atoms with van der Waals surface area (Å²) in [4.78, 5) is 23.6. The fourth-order valence-corrected chi connectivity index (χ4v) is 3.27. The minimum Gasteiger partial charge on any atom is -0.378 e. The van der Waals surface area contributed by atoms with Gasteiger partial charge in [-0.25, -0.2) is 9.67 Å². The van der Waals surface area contributed by atoms with Gasteiger partial charge in [0.05, 0.1) is 5.57 Å². The fourth-order valence-electron chi connectivity index (χ4n) is 3.27. The number of carbonyl (C=O) groups excluding carboxylic acids is 1. The Morgan fingerprint density at radius 1 is 1.14 bits per heavy atom. The van der Waals surface area contributed by atoms with Crippen LogP contribution >= 0.6 is 0 Å². The third-order valence-corrected chi connectivity index (χ3v) is 4.67. The van der Waals surface area contributed by atoms with Gasteiger partial charge in [0.1, 0.15) is 18.2 Å². The molecule has 0 unspecified atom stereocenters. The van der Waals surface area contributed by atoms with E-state index in [2.05, 4.69) is 25.7 Å². The Kier molecular flexibility index (Phi) is 4.52. The van der Waals surface area contributed by atoms with E-state index in [1.807, 2.05) is 56.3 Å². The van der Waals surface area contributed by atoms with Crippen molar-refractivity contribution in [3.63, 3.8) is 0 Å². The summed E-state index contributed by atoms with van der Waals surface area (Å²) >= 11 is 0. The van der Waals surface area contributed by atoms with Crippen molar-refractivity contribution in [2.75, 3.05) is 29.6 Å². The zero-order valence-electron chi connectivity index (χ0n) is 15.9. The van der Waals surface area contributed by atoms with Crippen LogP contribution in [0.1, 0.15) is 18.5 Å². The molecule has 0 bridgehead atoms. The number of carbonyl (C=O) groups is 1. The first-order valence-corrected chi connectivity index (χ1v) is 8.91. The molecule has 0 spiro atoms. The first kappa shape index (κ1) is 17.7. The average Bonchev–Trinajstić information content (AvgIpc) is 3.15. The molecule has 142 valence electrons. The van der Waals surface area contributed by atoms with E-state index in [9.17, 15) is 4.79 Å². The Bertz CT molecular complexity index is 1020. The third-order valence-electron chi connectivity index (χ3n) is 4.67. The van der Waals surface area contributed by atoms with Crippen LogP contribution in [-0.2, 0) is 4.79 Å². The van der Waals surface area contributed by atoms with E-state index in [0.717, 1.165) is 16.9 Å². The van der Waals surface area contributed by atoms with Crippen molar-refractivity contribution < 1.29 is 4.79 Å².